The van der Waals surface area contributed by atoms with Crippen molar-refractivity contribution in [3.8, 4) is 11.1 Å². The lowest BCUT2D eigenvalue weighted by Gasteiger charge is -2.29. The van der Waals surface area contributed by atoms with Crippen LogP contribution in [0.15, 0.2) is 72.8 Å². The van der Waals surface area contributed by atoms with E-state index in [0.29, 0.717) is 5.92 Å². The van der Waals surface area contributed by atoms with Crippen LogP contribution in [-0.4, -0.2) is 5.91 Å². The topological polar surface area (TPSA) is 29.1 Å². The normalized spacial score (nSPS) is 18.1. The van der Waals surface area contributed by atoms with Gasteiger partial charge in [-0.05, 0) is 85.4 Å². The standard InChI is InChI=1S/C31H37NO/c1-3-4-5-6-24-9-13-26(14-10-24)27-15-17-29(18-16-27)31(33)32-30-21-19-28(20-22-30)25-11-7-23(2)8-12-25/h7-8,11-12,15-22,24,26H,3-6,9-10,13-14H2,1-2H3,(H,32,33). The van der Waals surface area contributed by atoms with E-state index < -0.39 is 0 Å². The summed E-state index contributed by atoms with van der Waals surface area (Å²) in [7, 11) is 0. The quantitative estimate of drug-likeness (QED) is 0.349. The van der Waals surface area contributed by atoms with Gasteiger partial charge >= 0.3 is 0 Å². The maximum atomic E-state index is 12.8. The number of hydrogen-bond acceptors (Lipinski definition) is 1. The molecule has 0 aromatic heterocycles. The Morgan fingerprint density at radius 2 is 1.39 bits per heavy atom. The Bertz CT molecular complexity index is 1010. The SMILES string of the molecule is CCCCCC1CCC(c2ccc(C(=O)Nc3ccc(-c4ccc(C)cc4)cc3)cc2)CC1. The van der Waals surface area contributed by atoms with Crippen molar-refractivity contribution in [3.63, 3.8) is 0 Å². The van der Waals surface area contributed by atoms with Crippen LogP contribution in [0.5, 0.6) is 0 Å². The van der Waals surface area contributed by atoms with Crippen LogP contribution in [-0.2, 0) is 0 Å². The molecule has 3 aromatic carbocycles. The first-order chi connectivity index (χ1) is 16.1. The van der Waals surface area contributed by atoms with Crippen LogP contribution < -0.4 is 5.32 Å². The summed E-state index contributed by atoms with van der Waals surface area (Å²) in [5, 5.41) is 3.04. The molecular weight excluding hydrogens is 402 g/mol. The van der Waals surface area contributed by atoms with Crippen LogP contribution in [0.3, 0.4) is 0 Å². The fourth-order valence-corrected chi connectivity index (χ4v) is 5.07. The summed E-state index contributed by atoms with van der Waals surface area (Å²) < 4.78 is 0. The number of carbonyl (C=O) groups is 1. The fourth-order valence-electron chi connectivity index (χ4n) is 5.07. The molecule has 1 aliphatic carbocycles. The summed E-state index contributed by atoms with van der Waals surface area (Å²) in [4.78, 5) is 12.8. The Kier molecular flexibility index (Phi) is 7.99. The van der Waals surface area contributed by atoms with Gasteiger partial charge in [0.1, 0.15) is 0 Å². The molecule has 0 aliphatic heterocycles. The molecule has 1 fully saturated rings. The first-order valence-corrected chi connectivity index (χ1v) is 12.7. The molecule has 0 atom stereocenters. The van der Waals surface area contributed by atoms with Gasteiger partial charge in [-0.25, -0.2) is 0 Å². The minimum absolute atomic E-state index is 0.0516. The second-order valence-corrected chi connectivity index (χ2v) is 9.73. The highest BCUT2D eigenvalue weighted by atomic mass is 16.1. The van der Waals surface area contributed by atoms with Crippen LogP contribution in [0.2, 0.25) is 0 Å². The molecule has 0 spiro atoms. The first kappa shape index (κ1) is 23.3. The van der Waals surface area contributed by atoms with Crippen LogP contribution in [0, 0.1) is 12.8 Å². The number of carbonyl (C=O) groups excluding carboxylic acids is 1. The van der Waals surface area contributed by atoms with E-state index in [2.05, 4.69) is 67.7 Å². The Morgan fingerprint density at radius 3 is 2.00 bits per heavy atom. The second kappa shape index (κ2) is 11.3. The molecule has 2 heteroatoms. The van der Waals surface area contributed by atoms with Gasteiger partial charge in [-0.2, -0.15) is 0 Å². The van der Waals surface area contributed by atoms with E-state index >= 15 is 0 Å². The minimum Gasteiger partial charge on any atom is -0.322 e. The van der Waals surface area contributed by atoms with Gasteiger partial charge in [0.2, 0.25) is 0 Å². The minimum atomic E-state index is -0.0516. The third-order valence-corrected chi connectivity index (χ3v) is 7.23. The van der Waals surface area contributed by atoms with E-state index in [1.165, 1.54) is 68.1 Å². The third kappa shape index (κ3) is 6.35. The molecule has 0 radical (unpaired) electrons. The van der Waals surface area contributed by atoms with E-state index in [-0.39, 0.29) is 5.91 Å². The third-order valence-electron chi connectivity index (χ3n) is 7.23. The van der Waals surface area contributed by atoms with Gasteiger partial charge < -0.3 is 5.32 Å². The molecule has 4 rings (SSSR count). The lowest BCUT2D eigenvalue weighted by Crippen LogP contribution is -2.14. The lowest BCUT2D eigenvalue weighted by molar-refractivity contribution is 0.102. The number of nitrogens with one attached hydrogen (secondary N) is 1. The van der Waals surface area contributed by atoms with E-state index in [1.54, 1.807) is 0 Å². The van der Waals surface area contributed by atoms with Crippen LogP contribution >= 0.6 is 0 Å². The Labute approximate surface area is 199 Å². The van der Waals surface area contributed by atoms with Gasteiger partial charge in [0.25, 0.3) is 5.91 Å². The molecule has 0 unspecified atom stereocenters. The highest BCUT2D eigenvalue weighted by Gasteiger charge is 2.22. The van der Waals surface area contributed by atoms with E-state index in [0.717, 1.165) is 22.7 Å². The average molecular weight is 440 g/mol. The highest BCUT2D eigenvalue weighted by molar-refractivity contribution is 6.04. The maximum absolute atomic E-state index is 12.8. The van der Waals surface area contributed by atoms with Crippen molar-refractivity contribution < 1.29 is 4.79 Å². The summed E-state index contributed by atoms with van der Waals surface area (Å²) >= 11 is 0. The molecule has 0 bridgehead atoms. The van der Waals surface area contributed by atoms with Crippen molar-refractivity contribution in [2.75, 3.05) is 5.32 Å². The first-order valence-electron chi connectivity index (χ1n) is 12.7. The molecule has 1 aliphatic rings. The zero-order chi connectivity index (χ0) is 23.0. The predicted octanol–water partition coefficient (Wildman–Crippen LogP) is 8.77. The zero-order valence-electron chi connectivity index (χ0n) is 20.1. The molecule has 2 nitrogen and oxygen atoms in total. The highest BCUT2D eigenvalue weighted by Crippen LogP contribution is 2.37. The second-order valence-electron chi connectivity index (χ2n) is 9.73. The van der Waals surface area contributed by atoms with Gasteiger partial charge in [-0.1, -0.05) is 86.7 Å². The van der Waals surface area contributed by atoms with Crippen molar-refractivity contribution in [3.05, 3.63) is 89.5 Å². The van der Waals surface area contributed by atoms with E-state index in [9.17, 15) is 4.79 Å². The summed E-state index contributed by atoms with van der Waals surface area (Å²) in [6, 6.07) is 24.9. The van der Waals surface area contributed by atoms with Crippen LogP contribution in [0.1, 0.15) is 85.7 Å². The largest absolute Gasteiger partial charge is 0.322 e. The Hall–Kier alpha value is -2.87. The van der Waals surface area contributed by atoms with E-state index in [1.807, 2.05) is 24.3 Å². The number of rotatable bonds is 8. The van der Waals surface area contributed by atoms with Crippen molar-refractivity contribution in [1.29, 1.82) is 0 Å². The van der Waals surface area contributed by atoms with Crippen LogP contribution in [0.25, 0.3) is 11.1 Å². The molecule has 1 N–H and O–H groups in total. The number of aryl methyl sites for hydroxylation is 1. The molecule has 3 aromatic rings. The van der Waals surface area contributed by atoms with Gasteiger partial charge in [-0.3, -0.25) is 4.79 Å². The smallest absolute Gasteiger partial charge is 0.255 e. The van der Waals surface area contributed by atoms with Gasteiger partial charge in [0, 0.05) is 11.3 Å². The molecule has 0 heterocycles. The Balaban J connectivity index is 1.30. The summed E-state index contributed by atoms with van der Waals surface area (Å²) in [5.41, 5.74) is 6.52. The van der Waals surface area contributed by atoms with Crippen molar-refractivity contribution in [2.24, 2.45) is 5.92 Å². The lowest BCUT2D eigenvalue weighted by atomic mass is 9.77. The van der Waals surface area contributed by atoms with Gasteiger partial charge in [0.15, 0.2) is 0 Å². The molecular formula is C31H37NO. The van der Waals surface area contributed by atoms with Crippen molar-refractivity contribution >= 4 is 11.6 Å². The van der Waals surface area contributed by atoms with Crippen molar-refractivity contribution in [2.45, 2.75) is 71.1 Å². The summed E-state index contributed by atoms with van der Waals surface area (Å²) in [5.74, 6) is 1.53. The summed E-state index contributed by atoms with van der Waals surface area (Å²) in [6.45, 7) is 4.37. The predicted molar refractivity (Wildman–Crippen MR) is 140 cm³/mol. The number of hydrogen-bond donors (Lipinski definition) is 1. The number of anilines is 1. The number of unbranched alkanes of at least 4 members (excludes halogenated alkanes) is 2. The van der Waals surface area contributed by atoms with Gasteiger partial charge in [0.05, 0.1) is 0 Å². The van der Waals surface area contributed by atoms with E-state index in [4.69, 9.17) is 0 Å². The molecule has 33 heavy (non-hydrogen) atoms. The Morgan fingerprint density at radius 1 is 0.788 bits per heavy atom. The van der Waals surface area contributed by atoms with Crippen LogP contribution in [0.4, 0.5) is 5.69 Å². The molecule has 1 amide bonds. The number of benzene rings is 3. The fraction of sp³-hybridized carbons (Fsp3) is 0.387. The van der Waals surface area contributed by atoms with Crippen molar-refractivity contribution in [1.82, 2.24) is 0 Å². The zero-order valence-corrected chi connectivity index (χ0v) is 20.1. The average Bonchev–Trinajstić information content (AvgIpc) is 2.86. The van der Waals surface area contributed by atoms with Gasteiger partial charge in [-0.15, -0.1) is 0 Å². The molecule has 0 saturated heterocycles. The summed E-state index contributed by atoms with van der Waals surface area (Å²) in [6.07, 6.45) is 10.8. The molecule has 1 saturated carbocycles. The maximum Gasteiger partial charge on any atom is 0.255 e. The monoisotopic (exact) mass is 439 g/mol. The molecule has 172 valence electrons. The number of amides is 1.